The van der Waals surface area contributed by atoms with Gasteiger partial charge in [0.25, 0.3) is 0 Å². The number of benzene rings is 1. The van der Waals surface area contributed by atoms with Gasteiger partial charge in [-0.3, -0.25) is 0 Å². The molecule has 0 saturated heterocycles. The van der Waals surface area contributed by atoms with E-state index < -0.39 is 0 Å². The summed E-state index contributed by atoms with van der Waals surface area (Å²) in [5, 5.41) is 12.5. The van der Waals surface area contributed by atoms with Crippen LogP contribution in [0.4, 0.5) is 4.39 Å². The van der Waals surface area contributed by atoms with Gasteiger partial charge in [-0.2, -0.15) is 0 Å². The van der Waals surface area contributed by atoms with E-state index in [4.69, 9.17) is 4.42 Å². The Bertz CT molecular complexity index is 592. The monoisotopic (exact) mass is 291 g/mol. The van der Waals surface area contributed by atoms with Gasteiger partial charge in [0.1, 0.15) is 17.3 Å². The van der Waals surface area contributed by atoms with E-state index >= 15 is 0 Å². The number of nitrogens with one attached hydrogen (secondary N) is 1. The van der Waals surface area contributed by atoms with Crippen LogP contribution in [-0.2, 0) is 6.54 Å². The number of halogens is 1. The smallest absolute Gasteiger partial charge is 0.134 e. The van der Waals surface area contributed by atoms with Gasteiger partial charge in [0.05, 0.1) is 13.2 Å². The molecule has 4 heteroatoms. The van der Waals surface area contributed by atoms with Crippen LogP contribution < -0.4 is 5.32 Å². The van der Waals surface area contributed by atoms with E-state index in [0.717, 1.165) is 11.3 Å². The molecule has 0 radical (unpaired) electrons. The van der Waals surface area contributed by atoms with Crippen LogP contribution in [0.15, 0.2) is 34.7 Å². The topological polar surface area (TPSA) is 45.4 Å². The summed E-state index contributed by atoms with van der Waals surface area (Å²) in [7, 11) is 0. The molecule has 114 valence electrons. The first-order chi connectivity index (χ1) is 10.0. The van der Waals surface area contributed by atoms with Crippen LogP contribution in [0.25, 0.3) is 11.3 Å². The second-order valence-corrected chi connectivity index (χ2v) is 5.59. The molecule has 2 rings (SSSR count). The van der Waals surface area contributed by atoms with E-state index in [-0.39, 0.29) is 18.5 Å². The second-order valence-electron chi connectivity index (χ2n) is 5.59. The van der Waals surface area contributed by atoms with Gasteiger partial charge in [-0.15, -0.1) is 0 Å². The van der Waals surface area contributed by atoms with Crippen molar-refractivity contribution in [3.63, 3.8) is 0 Å². The lowest BCUT2D eigenvalue weighted by Crippen LogP contribution is -2.36. The Morgan fingerprint density at radius 3 is 2.67 bits per heavy atom. The van der Waals surface area contributed by atoms with Gasteiger partial charge in [-0.25, -0.2) is 4.39 Å². The summed E-state index contributed by atoms with van der Waals surface area (Å²) >= 11 is 0. The summed E-state index contributed by atoms with van der Waals surface area (Å²) in [6, 6.07) is 8.73. The van der Waals surface area contributed by atoms with Crippen LogP contribution in [0.1, 0.15) is 25.2 Å². The molecule has 2 N–H and O–H groups in total. The molecule has 0 aliphatic carbocycles. The number of furan rings is 1. The summed E-state index contributed by atoms with van der Waals surface area (Å²) in [5.41, 5.74) is 1.35. The molecule has 1 atom stereocenters. The summed E-state index contributed by atoms with van der Waals surface area (Å²) in [6.07, 6.45) is 0. The highest BCUT2D eigenvalue weighted by molar-refractivity contribution is 5.62. The van der Waals surface area contributed by atoms with Crippen molar-refractivity contribution in [3.8, 4) is 11.3 Å². The SMILES string of the molecule is Cc1c(F)cccc1-c1ccc(CN[C@H](CO)C(C)C)o1. The van der Waals surface area contributed by atoms with Gasteiger partial charge in [-0.1, -0.05) is 26.0 Å². The van der Waals surface area contributed by atoms with Crippen molar-refractivity contribution in [1.29, 1.82) is 0 Å². The summed E-state index contributed by atoms with van der Waals surface area (Å²) in [4.78, 5) is 0. The van der Waals surface area contributed by atoms with Crippen LogP contribution in [-0.4, -0.2) is 17.8 Å². The maximum Gasteiger partial charge on any atom is 0.134 e. The molecule has 0 aliphatic rings. The standard InChI is InChI=1S/C17H22FNO2/c1-11(2)16(10-20)19-9-13-7-8-17(21-13)14-5-4-6-15(18)12(14)3/h4-8,11,16,19-20H,9-10H2,1-3H3/t16-/m1/s1. The maximum atomic E-state index is 13.6. The number of rotatable bonds is 6. The third-order valence-electron chi connectivity index (χ3n) is 3.73. The second kappa shape index (κ2) is 6.87. The zero-order chi connectivity index (χ0) is 15.4. The lowest BCUT2D eigenvalue weighted by atomic mass is 10.1. The van der Waals surface area contributed by atoms with Crippen molar-refractivity contribution < 1.29 is 13.9 Å². The number of hydrogen-bond acceptors (Lipinski definition) is 3. The van der Waals surface area contributed by atoms with E-state index in [0.29, 0.717) is 23.8 Å². The molecule has 1 heterocycles. The average Bonchev–Trinajstić information content (AvgIpc) is 2.91. The number of aliphatic hydroxyl groups is 1. The molecule has 0 unspecified atom stereocenters. The first-order valence-corrected chi connectivity index (χ1v) is 7.21. The van der Waals surface area contributed by atoms with Crippen LogP contribution in [0.2, 0.25) is 0 Å². The van der Waals surface area contributed by atoms with E-state index in [2.05, 4.69) is 19.2 Å². The molecular formula is C17H22FNO2. The van der Waals surface area contributed by atoms with Crippen LogP contribution >= 0.6 is 0 Å². The fourth-order valence-corrected chi connectivity index (χ4v) is 2.23. The first-order valence-electron chi connectivity index (χ1n) is 7.21. The minimum Gasteiger partial charge on any atom is -0.460 e. The Hall–Kier alpha value is -1.65. The van der Waals surface area contributed by atoms with Crippen molar-refractivity contribution >= 4 is 0 Å². The third kappa shape index (κ3) is 3.71. The van der Waals surface area contributed by atoms with Gasteiger partial charge in [-0.05, 0) is 36.6 Å². The Balaban J connectivity index is 2.10. The van der Waals surface area contributed by atoms with E-state index in [1.165, 1.54) is 6.07 Å². The predicted molar refractivity (Wildman–Crippen MR) is 81.4 cm³/mol. The van der Waals surface area contributed by atoms with Gasteiger partial charge in [0, 0.05) is 11.6 Å². The molecular weight excluding hydrogens is 269 g/mol. The molecule has 0 saturated carbocycles. The van der Waals surface area contributed by atoms with Crippen molar-refractivity contribution in [2.45, 2.75) is 33.4 Å². The minimum atomic E-state index is -0.233. The van der Waals surface area contributed by atoms with Crippen LogP contribution in [0, 0.1) is 18.7 Å². The highest BCUT2D eigenvalue weighted by atomic mass is 19.1. The molecule has 1 aromatic heterocycles. The van der Waals surface area contributed by atoms with Crippen molar-refractivity contribution in [1.82, 2.24) is 5.32 Å². The van der Waals surface area contributed by atoms with Gasteiger partial charge < -0.3 is 14.8 Å². The lowest BCUT2D eigenvalue weighted by Gasteiger charge is -2.19. The zero-order valence-corrected chi connectivity index (χ0v) is 12.7. The number of aliphatic hydroxyl groups excluding tert-OH is 1. The molecule has 0 amide bonds. The Kier molecular flexibility index (Phi) is 5.15. The molecule has 3 nitrogen and oxygen atoms in total. The third-order valence-corrected chi connectivity index (χ3v) is 3.73. The zero-order valence-electron chi connectivity index (χ0n) is 12.7. The molecule has 0 aliphatic heterocycles. The van der Waals surface area contributed by atoms with Crippen molar-refractivity contribution in [3.05, 3.63) is 47.5 Å². The van der Waals surface area contributed by atoms with Crippen molar-refractivity contribution in [2.24, 2.45) is 5.92 Å². The summed E-state index contributed by atoms with van der Waals surface area (Å²) < 4.78 is 19.3. The van der Waals surface area contributed by atoms with E-state index in [1.807, 2.05) is 18.2 Å². The quantitative estimate of drug-likeness (QED) is 0.856. The fourth-order valence-electron chi connectivity index (χ4n) is 2.23. The highest BCUT2D eigenvalue weighted by Crippen LogP contribution is 2.27. The minimum absolute atomic E-state index is 0.0365. The molecule has 0 spiro atoms. The van der Waals surface area contributed by atoms with Crippen molar-refractivity contribution in [2.75, 3.05) is 6.61 Å². The normalized spacial score (nSPS) is 12.9. The van der Waals surface area contributed by atoms with E-state index in [9.17, 15) is 9.50 Å². The Morgan fingerprint density at radius 1 is 1.24 bits per heavy atom. The Labute approximate surface area is 124 Å². The van der Waals surface area contributed by atoms with Gasteiger partial charge >= 0.3 is 0 Å². The summed E-state index contributed by atoms with van der Waals surface area (Å²) in [5.74, 6) is 1.54. The van der Waals surface area contributed by atoms with Crippen LogP contribution in [0.5, 0.6) is 0 Å². The lowest BCUT2D eigenvalue weighted by molar-refractivity contribution is 0.207. The molecule has 2 aromatic rings. The number of hydrogen-bond donors (Lipinski definition) is 2. The summed E-state index contributed by atoms with van der Waals surface area (Å²) in [6.45, 7) is 6.48. The van der Waals surface area contributed by atoms with E-state index in [1.54, 1.807) is 13.0 Å². The molecule has 21 heavy (non-hydrogen) atoms. The Morgan fingerprint density at radius 2 is 2.00 bits per heavy atom. The predicted octanol–water partition coefficient (Wildman–Crippen LogP) is 3.50. The fraction of sp³-hybridized carbons (Fsp3) is 0.412. The maximum absolute atomic E-state index is 13.6. The average molecular weight is 291 g/mol. The molecule has 0 fully saturated rings. The van der Waals surface area contributed by atoms with Gasteiger partial charge in [0.15, 0.2) is 0 Å². The largest absolute Gasteiger partial charge is 0.460 e. The van der Waals surface area contributed by atoms with Gasteiger partial charge in [0.2, 0.25) is 0 Å². The first kappa shape index (κ1) is 15.7. The highest BCUT2D eigenvalue weighted by Gasteiger charge is 2.13. The molecule has 1 aromatic carbocycles. The molecule has 0 bridgehead atoms. The van der Waals surface area contributed by atoms with Crippen LogP contribution in [0.3, 0.4) is 0 Å².